The monoisotopic (exact) mass is 395 g/mol. The summed E-state index contributed by atoms with van der Waals surface area (Å²) in [5.74, 6) is 0.598. The molecule has 0 amide bonds. The summed E-state index contributed by atoms with van der Waals surface area (Å²) in [7, 11) is 2.02. The van der Waals surface area contributed by atoms with Crippen LogP contribution in [0.2, 0.25) is 0 Å². The predicted octanol–water partition coefficient (Wildman–Crippen LogP) is 4.82. The number of nitrogens with zero attached hydrogens (tertiary/aromatic N) is 3. The Bertz CT molecular complexity index is 730. The Kier molecular flexibility index (Phi) is 7.55. The number of pyridine rings is 2. The molecule has 0 aliphatic carbocycles. The molecule has 2 rings (SSSR count). The fraction of sp³-hybridized carbons (Fsp3) is 0.524. The van der Waals surface area contributed by atoms with E-state index in [1.807, 2.05) is 26.2 Å². The molecular formula is C21H28F3N3O. The molecule has 0 spiro atoms. The van der Waals surface area contributed by atoms with E-state index >= 15 is 0 Å². The van der Waals surface area contributed by atoms with Gasteiger partial charge in [0.1, 0.15) is 0 Å². The first-order valence-electron chi connectivity index (χ1n) is 9.42. The van der Waals surface area contributed by atoms with Crippen LogP contribution >= 0.6 is 0 Å². The van der Waals surface area contributed by atoms with E-state index in [1.165, 1.54) is 17.8 Å². The zero-order valence-electron chi connectivity index (χ0n) is 16.7. The molecule has 2 unspecified atom stereocenters. The van der Waals surface area contributed by atoms with E-state index in [1.54, 1.807) is 6.07 Å². The van der Waals surface area contributed by atoms with E-state index < -0.39 is 12.3 Å². The number of hydrogen-bond acceptors (Lipinski definition) is 4. The second-order valence-electron chi connectivity index (χ2n) is 7.63. The van der Waals surface area contributed by atoms with Crippen LogP contribution in [0.25, 0.3) is 0 Å². The van der Waals surface area contributed by atoms with Crippen LogP contribution in [-0.2, 0) is 6.54 Å². The quantitative estimate of drug-likeness (QED) is 0.696. The van der Waals surface area contributed by atoms with E-state index in [2.05, 4.69) is 34.8 Å². The molecule has 0 bridgehead atoms. The van der Waals surface area contributed by atoms with Gasteiger partial charge in [-0.1, -0.05) is 32.9 Å². The van der Waals surface area contributed by atoms with E-state index in [-0.39, 0.29) is 11.6 Å². The minimum atomic E-state index is -4.70. The SMILES string of the molecule is CC(C)c1ccc(CN(C)CCC(C)c2ccc(C(O)C(F)(F)F)nc2)nc1. The highest BCUT2D eigenvalue weighted by Crippen LogP contribution is 2.31. The Balaban J connectivity index is 1.86. The molecule has 0 saturated heterocycles. The predicted molar refractivity (Wildman–Crippen MR) is 103 cm³/mol. The lowest BCUT2D eigenvalue weighted by Crippen LogP contribution is -2.22. The third kappa shape index (κ3) is 6.27. The van der Waals surface area contributed by atoms with Crippen molar-refractivity contribution in [2.24, 2.45) is 0 Å². The van der Waals surface area contributed by atoms with Crippen molar-refractivity contribution >= 4 is 0 Å². The molecule has 2 aromatic rings. The molecule has 0 saturated carbocycles. The van der Waals surface area contributed by atoms with Crippen molar-refractivity contribution in [3.05, 3.63) is 59.2 Å². The number of aliphatic hydroxyl groups excluding tert-OH is 1. The third-order valence-corrected chi connectivity index (χ3v) is 4.86. The normalized spacial score (nSPS) is 14.5. The summed E-state index contributed by atoms with van der Waals surface area (Å²) < 4.78 is 37.6. The van der Waals surface area contributed by atoms with Gasteiger partial charge < -0.3 is 10.0 Å². The first-order valence-corrected chi connectivity index (χ1v) is 9.42. The van der Waals surface area contributed by atoms with Crippen molar-refractivity contribution in [3.8, 4) is 0 Å². The number of hydrogen-bond donors (Lipinski definition) is 1. The second kappa shape index (κ2) is 9.47. The van der Waals surface area contributed by atoms with Gasteiger partial charge in [0.05, 0.1) is 11.4 Å². The van der Waals surface area contributed by atoms with Crippen LogP contribution < -0.4 is 0 Å². The van der Waals surface area contributed by atoms with Crippen molar-refractivity contribution in [2.75, 3.05) is 13.6 Å². The van der Waals surface area contributed by atoms with Crippen LogP contribution in [0.15, 0.2) is 36.7 Å². The Morgan fingerprint density at radius 3 is 2.14 bits per heavy atom. The minimum absolute atomic E-state index is 0.142. The van der Waals surface area contributed by atoms with Gasteiger partial charge in [-0.25, -0.2) is 0 Å². The molecule has 2 atom stereocenters. The lowest BCUT2D eigenvalue weighted by molar-refractivity contribution is -0.207. The van der Waals surface area contributed by atoms with Crippen molar-refractivity contribution in [1.29, 1.82) is 0 Å². The number of alkyl halides is 3. The van der Waals surface area contributed by atoms with E-state index in [0.29, 0.717) is 5.92 Å². The Morgan fingerprint density at radius 2 is 1.64 bits per heavy atom. The standard InChI is InChI=1S/C21H28F3N3O/c1-14(2)16-5-7-18(25-11-16)13-27(4)10-9-15(3)17-6-8-19(26-12-17)20(28)21(22,23)24/h5-8,11-12,14-15,20,28H,9-10,13H2,1-4H3. The second-order valence-corrected chi connectivity index (χ2v) is 7.63. The van der Waals surface area contributed by atoms with Gasteiger partial charge in [0.2, 0.25) is 0 Å². The molecule has 28 heavy (non-hydrogen) atoms. The van der Waals surface area contributed by atoms with Gasteiger partial charge in [-0.3, -0.25) is 9.97 Å². The van der Waals surface area contributed by atoms with Gasteiger partial charge in [-0.2, -0.15) is 13.2 Å². The Labute approximate surface area is 164 Å². The summed E-state index contributed by atoms with van der Waals surface area (Å²) in [5, 5.41) is 9.25. The van der Waals surface area contributed by atoms with Gasteiger partial charge in [0.15, 0.2) is 6.10 Å². The zero-order valence-corrected chi connectivity index (χ0v) is 16.7. The van der Waals surface area contributed by atoms with Crippen molar-refractivity contribution in [2.45, 2.75) is 57.9 Å². The fourth-order valence-corrected chi connectivity index (χ4v) is 2.84. The van der Waals surface area contributed by atoms with Crippen molar-refractivity contribution in [1.82, 2.24) is 14.9 Å². The number of aromatic nitrogens is 2. The van der Waals surface area contributed by atoms with E-state index in [9.17, 15) is 18.3 Å². The average Bonchev–Trinajstić information content (AvgIpc) is 2.65. The molecule has 0 aliphatic rings. The van der Waals surface area contributed by atoms with Crippen LogP contribution in [0, 0.1) is 0 Å². The van der Waals surface area contributed by atoms with Gasteiger partial charge >= 0.3 is 6.18 Å². The molecule has 154 valence electrons. The minimum Gasteiger partial charge on any atom is -0.378 e. The summed E-state index contributed by atoms with van der Waals surface area (Å²) in [6.07, 6.45) is -3.08. The molecule has 0 aromatic carbocycles. The highest BCUT2D eigenvalue weighted by atomic mass is 19.4. The van der Waals surface area contributed by atoms with Crippen LogP contribution in [-0.4, -0.2) is 39.7 Å². The third-order valence-electron chi connectivity index (χ3n) is 4.86. The van der Waals surface area contributed by atoms with Crippen molar-refractivity contribution in [3.63, 3.8) is 0 Å². The van der Waals surface area contributed by atoms with E-state index in [4.69, 9.17) is 0 Å². The van der Waals surface area contributed by atoms with Gasteiger partial charge in [0, 0.05) is 18.9 Å². The topological polar surface area (TPSA) is 49.2 Å². The molecule has 4 nitrogen and oxygen atoms in total. The van der Waals surface area contributed by atoms with Crippen LogP contribution in [0.1, 0.15) is 67.6 Å². The highest BCUT2D eigenvalue weighted by molar-refractivity contribution is 5.20. The van der Waals surface area contributed by atoms with Crippen LogP contribution in [0.5, 0.6) is 0 Å². The molecule has 7 heteroatoms. The summed E-state index contributed by atoms with van der Waals surface area (Å²) in [6.45, 7) is 7.84. The van der Waals surface area contributed by atoms with Crippen molar-refractivity contribution < 1.29 is 18.3 Å². The first-order chi connectivity index (χ1) is 13.1. The first kappa shape index (κ1) is 22.3. The molecule has 2 heterocycles. The summed E-state index contributed by atoms with van der Waals surface area (Å²) in [4.78, 5) is 10.5. The van der Waals surface area contributed by atoms with E-state index in [0.717, 1.165) is 30.8 Å². The molecule has 0 aliphatic heterocycles. The maximum Gasteiger partial charge on any atom is 0.420 e. The molecule has 0 fully saturated rings. The average molecular weight is 395 g/mol. The maximum atomic E-state index is 12.5. The molecule has 2 aromatic heterocycles. The number of halogens is 3. The lowest BCUT2D eigenvalue weighted by Gasteiger charge is -2.20. The molecule has 0 radical (unpaired) electrons. The van der Waals surface area contributed by atoms with Crippen LogP contribution in [0.4, 0.5) is 13.2 Å². The van der Waals surface area contributed by atoms with Gasteiger partial charge in [-0.15, -0.1) is 0 Å². The zero-order chi connectivity index (χ0) is 20.9. The van der Waals surface area contributed by atoms with Gasteiger partial charge in [-0.05, 0) is 55.1 Å². The largest absolute Gasteiger partial charge is 0.420 e. The summed E-state index contributed by atoms with van der Waals surface area (Å²) in [5.41, 5.74) is 2.70. The van der Waals surface area contributed by atoms with Gasteiger partial charge in [0.25, 0.3) is 0 Å². The summed E-state index contributed by atoms with van der Waals surface area (Å²) >= 11 is 0. The molecule has 1 N–H and O–H groups in total. The number of rotatable bonds is 8. The fourth-order valence-electron chi connectivity index (χ4n) is 2.84. The smallest absolute Gasteiger partial charge is 0.378 e. The van der Waals surface area contributed by atoms with Crippen LogP contribution in [0.3, 0.4) is 0 Å². The molecular weight excluding hydrogens is 367 g/mol. The Hall–Kier alpha value is -1.99. The number of aliphatic hydroxyl groups is 1. The highest BCUT2D eigenvalue weighted by Gasteiger charge is 2.40. The lowest BCUT2D eigenvalue weighted by atomic mass is 9.98. The summed E-state index contributed by atoms with van der Waals surface area (Å²) in [6, 6.07) is 7.00. The Morgan fingerprint density at radius 1 is 1.00 bits per heavy atom. The maximum absolute atomic E-state index is 12.5.